The molecule has 0 radical (unpaired) electrons. The van der Waals surface area contributed by atoms with Crippen LogP contribution in [0.4, 0.5) is 10.5 Å². The number of aliphatic hydroxyl groups is 2. The molecule has 0 spiro atoms. The Morgan fingerprint density at radius 2 is 2.05 bits per heavy atom. The number of hydrogen-bond acceptors (Lipinski definition) is 5. The zero-order valence-corrected chi connectivity index (χ0v) is 11.2. The Kier molecular flexibility index (Phi) is 4.74. The van der Waals surface area contributed by atoms with Crippen molar-refractivity contribution in [2.75, 3.05) is 11.9 Å². The number of nitrogens with one attached hydrogen (secondary N) is 1. The molecular formula is C13H19NO5. The van der Waals surface area contributed by atoms with Crippen LogP contribution in [0, 0.1) is 0 Å². The van der Waals surface area contributed by atoms with Gasteiger partial charge in [0.1, 0.15) is 17.5 Å². The summed E-state index contributed by atoms with van der Waals surface area (Å²) in [6.07, 6.45) is -1.75. The fourth-order valence-electron chi connectivity index (χ4n) is 1.38. The highest BCUT2D eigenvalue weighted by Gasteiger charge is 2.17. The van der Waals surface area contributed by atoms with Gasteiger partial charge in [0.2, 0.25) is 0 Å². The Hall–Kier alpha value is -1.79. The van der Waals surface area contributed by atoms with Crippen molar-refractivity contribution in [2.24, 2.45) is 0 Å². The van der Waals surface area contributed by atoms with Gasteiger partial charge in [0, 0.05) is 0 Å². The quantitative estimate of drug-likeness (QED) is 0.627. The first-order valence-electron chi connectivity index (χ1n) is 5.85. The van der Waals surface area contributed by atoms with Crippen LogP contribution in [0.5, 0.6) is 5.75 Å². The number of rotatable bonds is 3. The number of carbonyl (C=O) groups is 1. The van der Waals surface area contributed by atoms with E-state index < -0.39 is 24.4 Å². The van der Waals surface area contributed by atoms with E-state index >= 15 is 0 Å². The lowest BCUT2D eigenvalue weighted by atomic mass is 10.1. The molecule has 1 amide bonds. The van der Waals surface area contributed by atoms with E-state index in [1.54, 1.807) is 20.8 Å². The second-order valence-electron chi connectivity index (χ2n) is 5.10. The Morgan fingerprint density at radius 1 is 1.42 bits per heavy atom. The van der Waals surface area contributed by atoms with Gasteiger partial charge in [0.05, 0.1) is 12.3 Å². The molecule has 0 aliphatic carbocycles. The molecule has 106 valence electrons. The topological polar surface area (TPSA) is 99.0 Å². The highest BCUT2D eigenvalue weighted by molar-refractivity contribution is 5.86. The van der Waals surface area contributed by atoms with Crippen molar-refractivity contribution >= 4 is 11.8 Å². The minimum absolute atomic E-state index is 0.170. The van der Waals surface area contributed by atoms with Crippen LogP contribution in [-0.4, -0.2) is 33.6 Å². The number of ether oxygens (including phenoxy) is 1. The first-order valence-corrected chi connectivity index (χ1v) is 5.85. The average Bonchev–Trinajstić information content (AvgIpc) is 2.28. The molecule has 19 heavy (non-hydrogen) atoms. The molecule has 0 fully saturated rings. The fourth-order valence-corrected chi connectivity index (χ4v) is 1.38. The van der Waals surface area contributed by atoms with E-state index in [2.05, 4.69) is 5.32 Å². The van der Waals surface area contributed by atoms with Gasteiger partial charge in [-0.3, -0.25) is 5.32 Å². The van der Waals surface area contributed by atoms with Crippen molar-refractivity contribution in [1.29, 1.82) is 0 Å². The van der Waals surface area contributed by atoms with Gasteiger partial charge in [-0.1, -0.05) is 6.07 Å². The Bertz CT molecular complexity index is 453. The van der Waals surface area contributed by atoms with Crippen molar-refractivity contribution in [3.8, 4) is 5.75 Å². The molecule has 0 saturated carbocycles. The van der Waals surface area contributed by atoms with Gasteiger partial charge >= 0.3 is 6.09 Å². The number of aliphatic hydroxyl groups excluding tert-OH is 2. The number of anilines is 1. The molecule has 1 aromatic rings. The minimum Gasteiger partial charge on any atom is -0.506 e. The SMILES string of the molecule is CC(C)(C)OC(=O)Nc1ccc(C(O)CO)cc1O. The van der Waals surface area contributed by atoms with Crippen LogP contribution < -0.4 is 5.32 Å². The van der Waals surface area contributed by atoms with Crippen LogP contribution in [-0.2, 0) is 4.74 Å². The van der Waals surface area contributed by atoms with E-state index in [9.17, 15) is 15.0 Å². The van der Waals surface area contributed by atoms with Crippen molar-refractivity contribution in [1.82, 2.24) is 0 Å². The third-order valence-corrected chi connectivity index (χ3v) is 2.22. The predicted octanol–water partition coefficient (Wildman–Crippen LogP) is 1.76. The molecule has 0 bridgehead atoms. The van der Waals surface area contributed by atoms with Gasteiger partial charge in [0.25, 0.3) is 0 Å². The maximum Gasteiger partial charge on any atom is 0.412 e. The van der Waals surface area contributed by atoms with E-state index in [4.69, 9.17) is 9.84 Å². The van der Waals surface area contributed by atoms with Crippen molar-refractivity contribution in [2.45, 2.75) is 32.5 Å². The van der Waals surface area contributed by atoms with Crippen molar-refractivity contribution in [3.05, 3.63) is 23.8 Å². The van der Waals surface area contributed by atoms with Crippen molar-refractivity contribution in [3.63, 3.8) is 0 Å². The Labute approximate surface area is 111 Å². The molecule has 0 aliphatic rings. The molecule has 0 heterocycles. The molecule has 4 N–H and O–H groups in total. The third kappa shape index (κ3) is 4.76. The van der Waals surface area contributed by atoms with Gasteiger partial charge in [-0.2, -0.15) is 0 Å². The highest BCUT2D eigenvalue weighted by atomic mass is 16.6. The van der Waals surface area contributed by atoms with E-state index in [-0.39, 0.29) is 11.4 Å². The fraction of sp³-hybridized carbons (Fsp3) is 0.462. The van der Waals surface area contributed by atoms with Gasteiger partial charge in [-0.15, -0.1) is 0 Å². The van der Waals surface area contributed by atoms with Crippen LogP contribution in [0.3, 0.4) is 0 Å². The molecule has 6 nitrogen and oxygen atoms in total. The van der Waals surface area contributed by atoms with Crippen LogP contribution >= 0.6 is 0 Å². The molecule has 1 atom stereocenters. The molecule has 6 heteroatoms. The number of phenolic OH excluding ortho intramolecular Hbond substituents is 1. The van der Waals surface area contributed by atoms with Crippen LogP contribution in [0.25, 0.3) is 0 Å². The van der Waals surface area contributed by atoms with Crippen molar-refractivity contribution < 1.29 is 24.9 Å². The van der Waals surface area contributed by atoms with E-state index in [0.29, 0.717) is 5.56 Å². The molecule has 0 saturated heterocycles. The summed E-state index contributed by atoms with van der Waals surface area (Å²) >= 11 is 0. The van der Waals surface area contributed by atoms with Crippen LogP contribution in [0.15, 0.2) is 18.2 Å². The average molecular weight is 269 g/mol. The first-order chi connectivity index (χ1) is 8.73. The number of amides is 1. The molecular weight excluding hydrogens is 250 g/mol. The standard InChI is InChI=1S/C13H19NO5/c1-13(2,3)19-12(18)14-9-5-4-8(6-10(9)16)11(17)7-15/h4-6,11,15-17H,7H2,1-3H3,(H,14,18). The highest BCUT2D eigenvalue weighted by Crippen LogP contribution is 2.27. The first kappa shape index (κ1) is 15.3. The summed E-state index contributed by atoms with van der Waals surface area (Å²) < 4.78 is 5.04. The maximum atomic E-state index is 11.5. The molecule has 0 aromatic heterocycles. The zero-order chi connectivity index (χ0) is 14.6. The van der Waals surface area contributed by atoms with Gasteiger partial charge < -0.3 is 20.1 Å². The Balaban J connectivity index is 2.78. The van der Waals surface area contributed by atoms with Crippen LogP contribution in [0.1, 0.15) is 32.4 Å². The van der Waals surface area contributed by atoms with Crippen LogP contribution in [0.2, 0.25) is 0 Å². The summed E-state index contributed by atoms with van der Waals surface area (Å²) in [7, 11) is 0. The lowest BCUT2D eigenvalue weighted by molar-refractivity contribution is 0.0635. The van der Waals surface area contributed by atoms with E-state index in [1.165, 1.54) is 18.2 Å². The summed E-state index contributed by atoms with van der Waals surface area (Å²) in [6.45, 7) is 4.74. The molecule has 1 unspecified atom stereocenters. The summed E-state index contributed by atoms with van der Waals surface area (Å²) in [6, 6.07) is 4.19. The smallest absolute Gasteiger partial charge is 0.412 e. The predicted molar refractivity (Wildman–Crippen MR) is 70.0 cm³/mol. The molecule has 1 aromatic carbocycles. The largest absolute Gasteiger partial charge is 0.506 e. The molecule has 1 rings (SSSR count). The molecule has 0 aliphatic heterocycles. The third-order valence-electron chi connectivity index (χ3n) is 2.22. The maximum absolute atomic E-state index is 11.5. The Morgan fingerprint density at radius 3 is 2.53 bits per heavy atom. The number of hydrogen-bond donors (Lipinski definition) is 4. The lowest BCUT2D eigenvalue weighted by Gasteiger charge is -2.20. The minimum atomic E-state index is -1.07. The normalized spacial score (nSPS) is 12.9. The summed E-state index contributed by atoms with van der Waals surface area (Å²) in [5.41, 5.74) is -0.106. The van der Waals surface area contributed by atoms with E-state index in [1.807, 2.05) is 0 Å². The zero-order valence-electron chi connectivity index (χ0n) is 11.2. The van der Waals surface area contributed by atoms with Gasteiger partial charge in [0.15, 0.2) is 0 Å². The monoisotopic (exact) mass is 269 g/mol. The summed E-state index contributed by atoms with van der Waals surface area (Å²) in [4.78, 5) is 11.5. The number of aromatic hydroxyl groups is 1. The van der Waals surface area contributed by atoms with E-state index in [0.717, 1.165) is 0 Å². The van der Waals surface area contributed by atoms with Gasteiger partial charge in [-0.05, 0) is 38.5 Å². The second kappa shape index (κ2) is 5.90. The number of carbonyl (C=O) groups excluding carboxylic acids is 1. The summed E-state index contributed by atoms with van der Waals surface area (Å²) in [5.74, 6) is -0.212. The second-order valence-corrected chi connectivity index (χ2v) is 5.10. The van der Waals surface area contributed by atoms with Gasteiger partial charge in [-0.25, -0.2) is 4.79 Å². The number of phenols is 1. The number of benzene rings is 1. The lowest BCUT2D eigenvalue weighted by Crippen LogP contribution is -2.27. The summed E-state index contributed by atoms with van der Waals surface area (Å²) in [5, 5.41) is 30.3.